The Balaban J connectivity index is 2.62. The summed E-state index contributed by atoms with van der Waals surface area (Å²) in [7, 11) is 0. The number of nitrogens with one attached hydrogen (secondary N) is 2. The Morgan fingerprint density at radius 3 is 2.73 bits per heavy atom. The molecule has 0 aromatic heterocycles. The van der Waals surface area contributed by atoms with Crippen LogP contribution in [0.2, 0.25) is 5.02 Å². The molecule has 1 aromatic carbocycles. The van der Waals surface area contributed by atoms with Crippen molar-refractivity contribution in [2.24, 2.45) is 0 Å². The van der Waals surface area contributed by atoms with Crippen LogP contribution in [0.1, 0.15) is 6.92 Å². The zero-order chi connectivity index (χ0) is 8.10. The van der Waals surface area contributed by atoms with E-state index < -0.39 is 0 Å². The third-order valence-electron chi connectivity index (χ3n) is 1.27. The third-order valence-corrected chi connectivity index (χ3v) is 1.60. The molecule has 0 saturated heterocycles. The van der Waals surface area contributed by atoms with E-state index in [1.165, 1.54) is 0 Å². The Hall–Kier alpha value is -0.730. The first-order valence-corrected chi connectivity index (χ1v) is 3.95. The number of hydrogen-bond donors (Lipinski definition) is 2. The molecule has 2 nitrogen and oxygen atoms in total. The second-order valence-electron chi connectivity index (χ2n) is 2.14. The fourth-order valence-electron chi connectivity index (χ4n) is 0.746. The van der Waals surface area contributed by atoms with E-state index >= 15 is 0 Å². The molecule has 11 heavy (non-hydrogen) atoms. The van der Waals surface area contributed by atoms with Crippen molar-refractivity contribution in [3.63, 3.8) is 0 Å². The van der Waals surface area contributed by atoms with Crippen LogP contribution in [0.4, 0.5) is 5.69 Å². The van der Waals surface area contributed by atoms with Crippen molar-refractivity contribution in [2.45, 2.75) is 6.92 Å². The number of para-hydroxylation sites is 1. The van der Waals surface area contributed by atoms with Crippen LogP contribution >= 0.6 is 11.6 Å². The molecule has 3 heteroatoms. The highest BCUT2D eigenvalue weighted by molar-refractivity contribution is 6.33. The summed E-state index contributed by atoms with van der Waals surface area (Å²) in [5, 5.41) is 0.730. The average Bonchev–Trinajstić information content (AvgIpc) is 2.03. The molecular weight excluding hydrogens is 160 g/mol. The van der Waals surface area contributed by atoms with Crippen LogP contribution in [-0.2, 0) is 0 Å². The van der Waals surface area contributed by atoms with Crippen molar-refractivity contribution >= 4 is 17.3 Å². The summed E-state index contributed by atoms with van der Waals surface area (Å²) in [5.74, 6) is 0. The molecule has 0 amide bonds. The summed E-state index contributed by atoms with van der Waals surface area (Å²) < 4.78 is 0. The van der Waals surface area contributed by atoms with Gasteiger partial charge in [0.25, 0.3) is 0 Å². The van der Waals surface area contributed by atoms with E-state index in [1.54, 1.807) is 0 Å². The van der Waals surface area contributed by atoms with Crippen molar-refractivity contribution in [3.05, 3.63) is 29.3 Å². The SMILES string of the molecule is CCNNc1ccccc1Cl. The van der Waals surface area contributed by atoms with Crippen molar-refractivity contribution in [1.82, 2.24) is 5.43 Å². The number of hydrogen-bond acceptors (Lipinski definition) is 2. The van der Waals surface area contributed by atoms with Gasteiger partial charge in [-0.05, 0) is 12.1 Å². The zero-order valence-electron chi connectivity index (χ0n) is 6.39. The van der Waals surface area contributed by atoms with E-state index in [0.717, 1.165) is 17.3 Å². The fourth-order valence-corrected chi connectivity index (χ4v) is 0.929. The predicted octanol–water partition coefficient (Wildman–Crippen LogP) is 2.28. The minimum atomic E-state index is 0.730. The third kappa shape index (κ3) is 2.41. The Morgan fingerprint density at radius 1 is 1.36 bits per heavy atom. The Bertz CT molecular complexity index is 225. The fraction of sp³-hybridized carbons (Fsp3) is 0.250. The van der Waals surface area contributed by atoms with E-state index in [2.05, 4.69) is 10.9 Å². The lowest BCUT2D eigenvalue weighted by molar-refractivity contribution is 0.844. The van der Waals surface area contributed by atoms with Crippen LogP contribution < -0.4 is 10.9 Å². The highest BCUT2D eigenvalue weighted by Gasteiger charge is 1.94. The van der Waals surface area contributed by atoms with Crippen LogP contribution in [0.3, 0.4) is 0 Å². The molecule has 0 aliphatic rings. The van der Waals surface area contributed by atoms with Gasteiger partial charge in [-0.15, -0.1) is 0 Å². The molecular formula is C8H11ClN2. The molecule has 0 heterocycles. The normalized spacial score (nSPS) is 9.64. The van der Waals surface area contributed by atoms with Gasteiger partial charge in [-0.25, -0.2) is 5.43 Å². The van der Waals surface area contributed by atoms with Gasteiger partial charge in [-0.1, -0.05) is 30.7 Å². The van der Waals surface area contributed by atoms with Gasteiger partial charge in [-0.2, -0.15) is 0 Å². The molecule has 60 valence electrons. The molecule has 0 fully saturated rings. The molecule has 0 unspecified atom stereocenters. The van der Waals surface area contributed by atoms with Crippen LogP contribution in [0, 0.1) is 0 Å². The zero-order valence-corrected chi connectivity index (χ0v) is 7.15. The number of hydrazine groups is 1. The molecule has 1 rings (SSSR count). The van der Waals surface area contributed by atoms with Crippen molar-refractivity contribution in [2.75, 3.05) is 12.0 Å². The van der Waals surface area contributed by atoms with Crippen LogP contribution in [0.15, 0.2) is 24.3 Å². The first-order chi connectivity index (χ1) is 5.34. The number of benzene rings is 1. The molecule has 0 saturated carbocycles. The minimum absolute atomic E-state index is 0.730. The summed E-state index contributed by atoms with van der Waals surface area (Å²) >= 11 is 5.86. The molecule has 0 aliphatic carbocycles. The predicted molar refractivity (Wildman–Crippen MR) is 48.8 cm³/mol. The van der Waals surface area contributed by atoms with Gasteiger partial charge in [0.05, 0.1) is 10.7 Å². The lowest BCUT2D eigenvalue weighted by atomic mass is 10.3. The second kappa shape index (κ2) is 4.21. The van der Waals surface area contributed by atoms with Gasteiger partial charge < -0.3 is 5.43 Å². The maximum Gasteiger partial charge on any atom is 0.0674 e. The van der Waals surface area contributed by atoms with Crippen LogP contribution in [0.5, 0.6) is 0 Å². The molecule has 2 N–H and O–H groups in total. The average molecular weight is 171 g/mol. The maximum atomic E-state index is 5.86. The largest absolute Gasteiger partial charge is 0.320 e. The van der Waals surface area contributed by atoms with Gasteiger partial charge in [-0.3, -0.25) is 0 Å². The quantitative estimate of drug-likeness (QED) is 0.681. The number of anilines is 1. The van der Waals surface area contributed by atoms with Gasteiger partial charge in [0.15, 0.2) is 0 Å². The van der Waals surface area contributed by atoms with Crippen molar-refractivity contribution < 1.29 is 0 Å². The first kappa shape index (κ1) is 8.37. The Morgan fingerprint density at radius 2 is 2.09 bits per heavy atom. The molecule has 0 spiro atoms. The lowest BCUT2D eigenvalue weighted by Gasteiger charge is -2.06. The summed E-state index contributed by atoms with van der Waals surface area (Å²) in [6.07, 6.45) is 0. The van der Waals surface area contributed by atoms with Gasteiger partial charge in [0.2, 0.25) is 0 Å². The maximum absolute atomic E-state index is 5.86. The van der Waals surface area contributed by atoms with Crippen LogP contribution in [0.25, 0.3) is 0 Å². The van der Waals surface area contributed by atoms with Gasteiger partial charge in [0, 0.05) is 6.54 Å². The molecule has 0 atom stereocenters. The monoisotopic (exact) mass is 170 g/mol. The topological polar surface area (TPSA) is 24.1 Å². The molecule has 0 aliphatic heterocycles. The van der Waals surface area contributed by atoms with E-state index in [0.29, 0.717) is 0 Å². The lowest BCUT2D eigenvalue weighted by Crippen LogP contribution is -2.20. The highest BCUT2D eigenvalue weighted by atomic mass is 35.5. The summed E-state index contributed by atoms with van der Waals surface area (Å²) in [5.41, 5.74) is 6.86. The standard InChI is InChI=1S/C8H11ClN2/c1-2-10-11-8-6-4-3-5-7(8)9/h3-6,10-11H,2H2,1H3. The van der Waals surface area contributed by atoms with E-state index in [1.807, 2.05) is 31.2 Å². The molecule has 1 aromatic rings. The summed E-state index contributed by atoms with van der Waals surface area (Å²) in [6, 6.07) is 7.61. The van der Waals surface area contributed by atoms with Crippen molar-refractivity contribution in [1.29, 1.82) is 0 Å². The van der Waals surface area contributed by atoms with E-state index in [9.17, 15) is 0 Å². The second-order valence-corrected chi connectivity index (χ2v) is 2.54. The number of rotatable bonds is 3. The van der Waals surface area contributed by atoms with Crippen LogP contribution in [-0.4, -0.2) is 6.54 Å². The molecule has 0 radical (unpaired) electrons. The van der Waals surface area contributed by atoms with E-state index in [4.69, 9.17) is 11.6 Å². The minimum Gasteiger partial charge on any atom is -0.320 e. The summed E-state index contributed by atoms with van der Waals surface area (Å²) in [6.45, 7) is 2.88. The molecule has 0 bridgehead atoms. The number of halogens is 1. The van der Waals surface area contributed by atoms with Gasteiger partial charge >= 0.3 is 0 Å². The van der Waals surface area contributed by atoms with Gasteiger partial charge in [0.1, 0.15) is 0 Å². The summed E-state index contributed by atoms with van der Waals surface area (Å²) in [4.78, 5) is 0. The first-order valence-electron chi connectivity index (χ1n) is 3.58. The Labute approximate surface area is 71.5 Å². The Kier molecular flexibility index (Phi) is 3.20. The van der Waals surface area contributed by atoms with E-state index in [-0.39, 0.29) is 0 Å². The smallest absolute Gasteiger partial charge is 0.0674 e. The van der Waals surface area contributed by atoms with Crippen molar-refractivity contribution in [3.8, 4) is 0 Å². The highest BCUT2D eigenvalue weighted by Crippen LogP contribution is 2.18.